The van der Waals surface area contributed by atoms with Crippen molar-refractivity contribution in [1.82, 2.24) is 5.32 Å². The molecule has 1 saturated carbocycles. The first kappa shape index (κ1) is 14.6. The standard InChI is InChI=1S/C18H29N/c1-13(2)15-8-10-16(11-9-15)14(3)19-17-7-6-12-18(17,4)5/h8-11,13-14,17,19H,6-7,12H2,1-5H3. The third-order valence-corrected chi connectivity index (χ3v) is 4.81. The Hall–Kier alpha value is -0.820. The molecule has 1 aromatic rings. The van der Waals surface area contributed by atoms with Gasteiger partial charge < -0.3 is 5.32 Å². The molecule has 0 radical (unpaired) electrons. The molecule has 1 heteroatoms. The SMILES string of the molecule is CC(C)c1ccc(C(C)NC2CCCC2(C)C)cc1. The molecular weight excluding hydrogens is 230 g/mol. The second kappa shape index (κ2) is 5.66. The van der Waals surface area contributed by atoms with Gasteiger partial charge in [0, 0.05) is 12.1 Å². The molecule has 0 aliphatic heterocycles. The minimum Gasteiger partial charge on any atom is -0.307 e. The highest BCUT2D eigenvalue weighted by Gasteiger charge is 2.34. The van der Waals surface area contributed by atoms with Crippen molar-refractivity contribution in [2.24, 2.45) is 5.41 Å². The van der Waals surface area contributed by atoms with Gasteiger partial charge >= 0.3 is 0 Å². The van der Waals surface area contributed by atoms with Gasteiger partial charge in [-0.15, -0.1) is 0 Å². The highest BCUT2D eigenvalue weighted by molar-refractivity contribution is 5.26. The zero-order valence-corrected chi connectivity index (χ0v) is 13.2. The van der Waals surface area contributed by atoms with Gasteiger partial charge in [-0.2, -0.15) is 0 Å². The Balaban J connectivity index is 2.01. The van der Waals surface area contributed by atoms with E-state index in [0.29, 0.717) is 23.4 Å². The van der Waals surface area contributed by atoms with Gasteiger partial charge in [0.25, 0.3) is 0 Å². The van der Waals surface area contributed by atoms with Crippen molar-refractivity contribution in [3.63, 3.8) is 0 Å². The van der Waals surface area contributed by atoms with E-state index in [2.05, 4.69) is 64.2 Å². The summed E-state index contributed by atoms with van der Waals surface area (Å²) in [6.07, 6.45) is 4.04. The summed E-state index contributed by atoms with van der Waals surface area (Å²) in [5.41, 5.74) is 3.29. The second-order valence-electron chi connectivity index (χ2n) is 7.14. The van der Waals surface area contributed by atoms with Crippen LogP contribution in [0.3, 0.4) is 0 Å². The number of hydrogen-bond donors (Lipinski definition) is 1. The molecule has 2 rings (SSSR count). The summed E-state index contributed by atoms with van der Waals surface area (Å²) in [5, 5.41) is 3.83. The zero-order valence-electron chi connectivity index (χ0n) is 13.2. The molecule has 1 N–H and O–H groups in total. The summed E-state index contributed by atoms with van der Waals surface area (Å²) < 4.78 is 0. The first-order chi connectivity index (χ1) is 8.90. The number of hydrogen-bond acceptors (Lipinski definition) is 1. The van der Waals surface area contributed by atoms with Crippen LogP contribution in [0.2, 0.25) is 0 Å². The molecular formula is C18H29N. The first-order valence-electron chi connectivity index (χ1n) is 7.76. The zero-order chi connectivity index (χ0) is 14.0. The second-order valence-corrected chi connectivity index (χ2v) is 7.14. The van der Waals surface area contributed by atoms with Gasteiger partial charge in [-0.3, -0.25) is 0 Å². The molecule has 1 aliphatic carbocycles. The van der Waals surface area contributed by atoms with Crippen molar-refractivity contribution in [1.29, 1.82) is 0 Å². The number of rotatable bonds is 4. The molecule has 1 aromatic carbocycles. The monoisotopic (exact) mass is 259 g/mol. The highest BCUT2D eigenvalue weighted by atomic mass is 15.0. The van der Waals surface area contributed by atoms with Crippen LogP contribution in [0.4, 0.5) is 0 Å². The highest BCUT2D eigenvalue weighted by Crippen LogP contribution is 2.38. The van der Waals surface area contributed by atoms with E-state index in [4.69, 9.17) is 0 Å². The Morgan fingerprint density at radius 3 is 2.11 bits per heavy atom. The average Bonchev–Trinajstić information content (AvgIpc) is 2.69. The van der Waals surface area contributed by atoms with Crippen molar-refractivity contribution in [2.75, 3.05) is 0 Å². The quantitative estimate of drug-likeness (QED) is 0.799. The van der Waals surface area contributed by atoms with Gasteiger partial charge in [0.1, 0.15) is 0 Å². The van der Waals surface area contributed by atoms with Crippen LogP contribution in [0.5, 0.6) is 0 Å². The van der Waals surface area contributed by atoms with Crippen molar-refractivity contribution in [3.8, 4) is 0 Å². The summed E-state index contributed by atoms with van der Waals surface area (Å²) >= 11 is 0. The van der Waals surface area contributed by atoms with E-state index in [1.54, 1.807) is 0 Å². The molecule has 0 saturated heterocycles. The lowest BCUT2D eigenvalue weighted by molar-refractivity contribution is 0.266. The van der Waals surface area contributed by atoms with Gasteiger partial charge in [0.15, 0.2) is 0 Å². The first-order valence-corrected chi connectivity index (χ1v) is 7.76. The molecule has 0 spiro atoms. The Bertz CT molecular complexity index is 402. The van der Waals surface area contributed by atoms with Gasteiger partial charge in [-0.05, 0) is 42.2 Å². The van der Waals surface area contributed by atoms with E-state index in [1.165, 1.54) is 30.4 Å². The molecule has 106 valence electrons. The Morgan fingerprint density at radius 1 is 1.05 bits per heavy atom. The van der Waals surface area contributed by atoms with Gasteiger partial charge in [0.05, 0.1) is 0 Å². The predicted molar refractivity (Wildman–Crippen MR) is 83.5 cm³/mol. The van der Waals surface area contributed by atoms with Gasteiger partial charge in [-0.25, -0.2) is 0 Å². The molecule has 1 fully saturated rings. The third kappa shape index (κ3) is 3.39. The summed E-state index contributed by atoms with van der Waals surface area (Å²) in [4.78, 5) is 0. The third-order valence-electron chi connectivity index (χ3n) is 4.81. The Labute approximate surface area is 118 Å². The fourth-order valence-electron chi connectivity index (χ4n) is 3.20. The Morgan fingerprint density at radius 2 is 1.63 bits per heavy atom. The molecule has 0 bridgehead atoms. The lowest BCUT2D eigenvalue weighted by Gasteiger charge is -2.31. The van der Waals surface area contributed by atoms with Crippen molar-refractivity contribution >= 4 is 0 Å². The molecule has 1 aliphatic rings. The molecule has 0 heterocycles. The van der Waals surface area contributed by atoms with E-state index >= 15 is 0 Å². The van der Waals surface area contributed by atoms with E-state index < -0.39 is 0 Å². The predicted octanol–water partition coefficient (Wildman–Crippen LogP) is 5.04. The van der Waals surface area contributed by atoms with Crippen LogP contribution in [0.1, 0.15) is 77.0 Å². The van der Waals surface area contributed by atoms with Crippen LogP contribution in [-0.2, 0) is 0 Å². The topological polar surface area (TPSA) is 12.0 Å². The minimum atomic E-state index is 0.448. The lowest BCUT2D eigenvalue weighted by atomic mass is 9.86. The number of nitrogens with one attached hydrogen (secondary N) is 1. The van der Waals surface area contributed by atoms with Crippen molar-refractivity contribution in [2.45, 2.75) is 71.9 Å². The van der Waals surface area contributed by atoms with E-state index in [-0.39, 0.29) is 0 Å². The van der Waals surface area contributed by atoms with E-state index in [1.807, 2.05) is 0 Å². The minimum absolute atomic E-state index is 0.448. The summed E-state index contributed by atoms with van der Waals surface area (Å²) in [7, 11) is 0. The van der Waals surface area contributed by atoms with E-state index in [0.717, 1.165) is 0 Å². The van der Waals surface area contributed by atoms with Crippen LogP contribution in [0, 0.1) is 5.41 Å². The van der Waals surface area contributed by atoms with Crippen molar-refractivity contribution < 1.29 is 0 Å². The molecule has 1 nitrogen and oxygen atoms in total. The maximum absolute atomic E-state index is 3.83. The maximum atomic E-state index is 3.83. The smallest absolute Gasteiger partial charge is 0.0294 e. The molecule has 0 aromatic heterocycles. The number of benzene rings is 1. The summed E-state index contributed by atoms with van der Waals surface area (Å²) in [6, 6.07) is 10.2. The van der Waals surface area contributed by atoms with Gasteiger partial charge in [0.2, 0.25) is 0 Å². The van der Waals surface area contributed by atoms with Crippen LogP contribution in [0.25, 0.3) is 0 Å². The fourth-order valence-corrected chi connectivity index (χ4v) is 3.20. The molecule has 0 amide bonds. The van der Waals surface area contributed by atoms with Crippen LogP contribution in [-0.4, -0.2) is 6.04 Å². The average molecular weight is 259 g/mol. The van der Waals surface area contributed by atoms with E-state index in [9.17, 15) is 0 Å². The fraction of sp³-hybridized carbons (Fsp3) is 0.667. The summed E-state index contributed by atoms with van der Waals surface area (Å²) in [5.74, 6) is 0.617. The molecule has 19 heavy (non-hydrogen) atoms. The Kier molecular flexibility index (Phi) is 4.35. The largest absolute Gasteiger partial charge is 0.307 e. The maximum Gasteiger partial charge on any atom is 0.0294 e. The van der Waals surface area contributed by atoms with Crippen LogP contribution < -0.4 is 5.32 Å². The van der Waals surface area contributed by atoms with Gasteiger partial charge in [-0.1, -0.05) is 58.4 Å². The van der Waals surface area contributed by atoms with Crippen LogP contribution >= 0.6 is 0 Å². The molecule has 2 unspecified atom stereocenters. The van der Waals surface area contributed by atoms with Crippen molar-refractivity contribution in [3.05, 3.63) is 35.4 Å². The molecule has 2 atom stereocenters. The normalized spacial score (nSPS) is 23.8. The summed E-state index contributed by atoms with van der Waals surface area (Å²) in [6.45, 7) is 11.6. The van der Waals surface area contributed by atoms with Crippen LogP contribution in [0.15, 0.2) is 24.3 Å². The lowest BCUT2D eigenvalue weighted by Crippen LogP contribution is -2.39.